The van der Waals surface area contributed by atoms with E-state index in [0.717, 1.165) is 18.1 Å². The summed E-state index contributed by atoms with van der Waals surface area (Å²) in [5.74, 6) is -3.04. The van der Waals surface area contributed by atoms with E-state index in [0.29, 0.717) is 27.5 Å². The van der Waals surface area contributed by atoms with Crippen LogP contribution in [-0.2, 0) is 12.5 Å². The number of nitrogens with zero attached hydrogens (tertiary/aromatic N) is 6. The Morgan fingerprint density at radius 1 is 0.971 bits per heavy atom. The normalized spacial score (nSPS) is 11.8. The SMILES string of the molecule is CC(F)(F)c1ccc(Cn2nc3c(-c4ccncc4)c(-c4ccc(Cl)cc4)ncn3c2=O)cn1. The number of benzene rings is 1. The lowest BCUT2D eigenvalue weighted by Crippen LogP contribution is -2.22. The Bertz CT molecular complexity index is 1530. The van der Waals surface area contributed by atoms with Crippen LogP contribution in [-0.4, -0.2) is 29.1 Å². The van der Waals surface area contributed by atoms with Crippen molar-refractivity contribution < 1.29 is 8.78 Å². The highest BCUT2D eigenvalue weighted by Crippen LogP contribution is 2.33. The molecule has 0 fully saturated rings. The van der Waals surface area contributed by atoms with Gasteiger partial charge in [0.05, 0.1) is 17.8 Å². The fourth-order valence-electron chi connectivity index (χ4n) is 3.65. The number of halogens is 3. The molecule has 0 radical (unpaired) electrons. The summed E-state index contributed by atoms with van der Waals surface area (Å²) in [6, 6.07) is 13.6. The molecule has 34 heavy (non-hydrogen) atoms. The third kappa shape index (κ3) is 4.06. The van der Waals surface area contributed by atoms with Gasteiger partial charge in [0, 0.05) is 36.1 Å². The highest BCUT2D eigenvalue weighted by Gasteiger charge is 2.26. The summed E-state index contributed by atoms with van der Waals surface area (Å²) in [4.78, 5) is 25.5. The van der Waals surface area contributed by atoms with E-state index in [1.54, 1.807) is 24.5 Å². The predicted molar refractivity (Wildman–Crippen MR) is 124 cm³/mol. The van der Waals surface area contributed by atoms with Crippen LogP contribution in [0.2, 0.25) is 5.02 Å². The van der Waals surface area contributed by atoms with E-state index in [1.165, 1.54) is 33.7 Å². The van der Waals surface area contributed by atoms with Crippen molar-refractivity contribution in [1.29, 1.82) is 0 Å². The Kier molecular flexibility index (Phi) is 5.41. The molecule has 0 saturated heterocycles. The van der Waals surface area contributed by atoms with Crippen molar-refractivity contribution in [2.75, 3.05) is 0 Å². The van der Waals surface area contributed by atoms with E-state index in [-0.39, 0.29) is 12.2 Å². The van der Waals surface area contributed by atoms with Crippen LogP contribution in [0.1, 0.15) is 18.2 Å². The molecule has 4 heterocycles. The second kappa shape index (κ2) is 8.42. The van der Waals surface area contributed by atoms with Gasteiger partial charge in [-0.05, 0) is 41.5 Å². The standard InChI is InChI=1S/C24H17ClF2N6O/c1-24(26,27)19-7-2-15(12-29-19)13-33-23(34)32-14-30-21(17-3-5-18(25)6-4-17)20(22(32)31-33)16-8-10-28-11-9-16/h2-12,14H,13H2,1H3. The molecule has 4 aromatic heterocycles. The molecule has 170 valence electrons. The average molecular weight is 479 g/mol. The van der Waals surface area contributed by atoms with Gasteiger partial charge in [-0.25, -0.2) is 18.9 Å². The number of pyridine rings is 2. The van der Waals surface area contributed by atoms with E-state index in [9.17, 15) is 13.6 Å². The number of aromatic nitrogens is 6. The van der Waals surface area contributed by atoms with Gasteiger partial charge >= 0.3 is 5.69 Å². The van der Waals surface area contributed by atoms with Crippen molar-refractivity contribution in [3.8, 4) is 22.4 Å². The van der Waals surface area contributed by atoms with Crippen LogP contribution >= 0.6 is 11.6 Å². The van der Waals surface area contributed by atoms with Gasteiger partial charge in [0.2, 0.25) is 0 Å². The Morgan fingerprint density at radius 2 is 1.71 bits per heavy atom. The van der Waals surface area contributed by atoms with Gasteiger partial charge in [0.25, 0.3) is 5.92 Å². The molecule has 1 aromatic carbocycles. The van der Waals surface area contributed by atoms with Gasteiger partial charge < -0.3 is 0 Å². The summed E-state index contributed by atoms with van der Waals surface area (Å²) in [6.45, 7) is 0.850. The summed E-state index contributed by atoms with van der Waals surface area (Å²) in [5, 5.41) is 5.16. The fraction of sp³-hybridized carbons (Fsp3) is 0.125. The lowest BCUT2D eigenvalue weighted by Gasteiger charge is -2.10. The maximum atomic E-state index is 13.5. The van der Waals surface area contributed by atoms with Gasteiger partial charge in [-0.3, -0.25) is 9.97 Å². The molecule has 10 heteroatoms. The maximum Gasteiger partial charge on any atom is 0.351 e. The number of fused-ring (bicyclic) bond motifs is 1. The molecule has 0 aliphatic heterocycles. The minimum absolute atomic E-state index is 0.0646. The van der Waals surface area contributed by atoms with Crippen LogP contribution in [0.5, 0.6) is 0 Å². The zero-order chi connectivity index (χ0) is 23.9. The maximum absolute atomic E-state index is 13.5. The Hall–Kier alpha value is -3.98. The van der Waals surface area contributed by atoms with Crippen LogP contribution in [0.15, 0.2) is 78.2 Å². The smallest absolute Gasteiger partial charge is 0.265 e. The molecule has 0 saturated carbocycles. The van der Waals surface area contributed by atoms with Crippen molar-refractivity contribution in [3.63, 3.8) is 0 Å². The number of alkyl halides is 2. The first kappa shape index (κ1) is 21.8. The van der Waals surface area contributed by atoms with Crippen LogP contribution in [0.25, 0.3) is 28.0 Å². The van der Waals surface area contributed by atoms with E-state index >= 15 is 0 Å². The molecule has 0 amide bonds. The van der Waals surface area contributed by atoms with Gasteiger partial charge in [0.15, 0.2) is 5.65 Å². The summed E-state index contributed by atoms with van der Waals surface area (Å²) >= 11 is 6.05. The Morgan fingerprint density at radius 3 is 2.35 bits per heavy atom. The lowest BCUT2D eigenvalue weighted by molar-refractivity contribution is 0.0127. The molecule has 0 aliphatic carbocycles. The highest BCUT2D eigenvalue weighted by atomic mass is 35.5. The number of hydrogen-bond donors (Lipinski definition) is 0. The molecule has 0 spiro atoms. The topological polar surface area (TPSA) is 78.0 Å². The zero-order valence-electron chi connectivity index (χ0n) is 17.9. The third-order valence-electron chi connectivity index (χ3n) is 5.33. The Balaban J connectivity index is 1.65. The molecular weight excluding hydrogens is 462 g/mol. The first-order chi connectivity index (χ1) is 16.3. The van der Waals surface area contributed by atoms with E-state index in [2.05, 4.69) is 20.1 Å². The van der Waals surface area contributed by atoms with Crippen LogP contribution in [0.4, 0.5) is 8.78 Å². The Labute approximate surface area is 197 Å². The summed E-state index contributed by atoms with van der Waals surface area (Å²) in [7, 11) is 0. The van der Waals surface area contributed by atoms with Crippen molar-refractivity contribution >= 4 is 17.2 Å². The summed E-state index contributed by atoms with van der Waals surface area (Å²) < 4.78 is 29.6. The van der Waals surface area contributed by atoms with Crippen molar-refractivity contribution in [3.05, 3.63) is 100 Å². The van der Waals surface area contributed by atoms with Crippen LogP contribution < -0.4 is 5.69 Å². The second-order valence-electron chi connectivity index (χ2n) is 7.78. The van der Waals surface area contributed by atoms with Gasteiger partial charge in [-0.2, -0.15) is 8.78 Å². The molecule has 7 nitrogen and oxygen atoms in total. The molecule has 5 aromatic rings. The fourth-order valence-corrected chi connectivity index (χ4v) is 3.77. The van der Waals surface area contributed by atoms with Crippen molar-refractivity contribution in [2.45, 2.75) is 19.4 Å². The molecule has 0 aliphatic rings. The van der Waals surface area contributed by atoms with Crippen LogP contribution in [0.3, 0.4) is 0 Å². The average Bonchev–Trinajstić information content (AvgIpc) is 3.14. The molecule has 0 N–H and O–H groups in total. The van der Waals surface area contributed by atoms with E-state index in [1.807, 2.05) is 24.3 Å². The quantitative estimate of drug-likeness (QED) is 0.361. The minimum Gasteiger partial charge on any atom is -0.265 e. The zero-order valence-corrected chi connectivity index (χ0v) is 18.6. The van der Waals surface area contributed by atoms with E-state index < -0.39 is 11.6 Å². The summed E-state index contributed by atoms with van der Waals surface area (Å²) in [5.41, 5.74) is 3.09. The molecule has 0 atom stereocenters. The monoisotopic (exact) mass is 478 g/mol. The first-order valence-corrected chi connectivity index (χ1v) is 10.7. The first-order valence-electron chi connectivity index (χ1n) is 10.3. The van der Waals surface area contributed by atoms with Crippen molar-refractivity contribution in [1.82, 2.24) is 29.1 Å². The minimum atomic E-state index is -3.04. The van der Waals surface area contributed by atoms with Crippen LogP contribution in [0, 0.1) is 0 Å². The van der Waals surface area contributed by atoms with Gasteiger partial charge in [-0.15, -0.1) is 5.10 Å². The summed E-state index contributed by atoms with van der Waals surface area (Å²) in [6.07, 6.45) is 6.05. The predicted octanol–water partition coefficient (Wildman–Crippen LogP) is 4.83. The highest BCUT2D eigenvalue weighted by molar-refractivity contribution is 6.30. The largest absolute Gasteiger partial charge is 0.351 e. The molecule has 5 rings (SSSR count). The number of rotatable bonds is 5. The van der Waals surface area contributed by atoms with Gasteiger partial charge in [0.1, 0.15) is 12.0 Å². The molecule has 0 bridgehead atoms. The van der Waals surface area contributed by atoms with E-state index in [4.69, 9.17) is 11.6 Å². The molecule has 0 unspecified atom stereocenters. The molecular formula is C24H17ClF2N6O. The third-order valence-corrected chi connectivity index (χ3v) is 5.58. The van der Waals surface area contributed by atoms with Gasteiger partial charge in [-0.1, -0.05) is 29.8 Å². The second-order valence-corrected chi connectivity index (χ2v) is 8.22. The number of hydrogen-bond acceptors (Lipinski definition) is 5. The van der Waals surface area contributed by atoms with Crippen molar-refractivity contribution in [2.24, 2.45) is 0 Å². The lowest BCUT2D eigenvalue weighted by atomic mass is 10.0.